The summed E-state index contributed by atoms with van der Waals surface area (Å²) in [5, 5.41) is 13.5. The van der Waals surface area contributed by atoms with Gasteiger partial charge in [0.25, 0.3) is 0 Å². The molecule has 0 radical (unpaired) electrons. The van der Waals surface area contributed by atoms with Gasteiger partial charge in [-0.3, -0.25) is 4.90 Å². The predicted octanol–water partition coefficient (Wildman–Crippen LogP) is 3.45. The number of phenolic OH excluding ortho intramolecular Hbond substituents is 1. The van der Waals surface area contributed by atoms with Gasteiger partial charge in [-0.15, -0.1) is 0 Å². The fourth-order valence-electron chi connectivity index (χ4n) is 2.99. The number of likely N-dealkylation sites (tertiary alicyclic amines) is 1. The number of hydrogen-bond acceptors (Lipinski definition) is 5. The Bertz CT molecular complexity index is 635. The first-order valence-corrected chi connectivity index (χ1v) is 8.26. The second-order valence-electron chi connectivity index (χ2n) is 7.41. The lowest BCUT2D eigenvalue weighted by atomic mass is 9.89. The van der Waals surface area contributed by atoms with Gasteiger partial charge in [-0.2, -0.15) is 4.98 Å². The molecule has 0 amide bonds. The van der Waals surface area contributed by atoms with E-state index in [2.05, 4.69) is 35.8 Å². The molecular formula is C18H25N3O2. The van der Waals surface area contributed by atoms with Crippen molar-refractivity contribution in [2.45, 2.75) is 51.5 Å². The Labute approximate surface area is 137 Å². The predicted molar refractivity (Wildman–Crippen MR) is 88.4 cm³/mol. The Morgan fingerprint density at radius 1 is 1.17 bits per heavy atom. The van der Waals surface area contributed by atoms with Crippen molar-refractivity contribution < 1.29 is 9.63 Å². The summed E-state index contributed by atoms with van der Waals surface area (Å²) in [6.07, 6.45) is 2.24. The first-order chi connectivity index (χ1) is 10.9. The molecule has 0 bridgehead atoms. The Balaban J connectivity index is 1.55. The number of hydrogen-bond donors (Lipinski definition) is 1. The quantitative estimate of drug-likeness (QED) is 0.940. The van der Waals surface area contributed by atoms with Gasteiger partial charge in [0, 0.05) is 5.41 Å². The van der Waals surface area contributed by atoms with Crippen molar-refractivity contribution in [2.75, 3.05) is 13.1 Å². The summed E-state index contributed by atoms with van der Waals surface area (Å²) < 4.78 is 5.36. The van der Waals surface area contributed by atoms with Crippen LogP contribution in [-0.2, 0) is 12.0 Å². The number of aromatic nitrogens is 2. The highest BCUT2D eigenvalue weighted by molar-refractivity contribution is 5.28. The van der Waals surface area contributed by atoms with Crippen molar-refractivity contribution in [3.05, 3.63) is 41.5 Å². The molecule has 1 saturated heterocycles. The maximum absolute atomic E-state index is 9.39. The average Bonchev–Trinajstić information content (AvgIpc) is 2.98. The van der Waals surface area contributed by atoms with Crippen LogP contribution in [0.3, 0.4) is 0 Å². The second kappa shape index (κ2) is 6.32. The van der Waals surface area contributed by atoms with E-state index in [-0.39, 0.29) is 5.41 Å². The van der Waals surface area contributed by atoms with Gasteiger partial charge in [-0.05, 0) is 49.5 Å². The minimum Gasteiger partial charge on any atom is -0.508 e. The van der Waals surface area contributed by atoms with E-state index < -0.39 is 0 Å². The molecule has 1 aromatic heterocycles. The highest BCUT2D eigenvalue weighted by Gasteiger charge is 2.24. The van der Waals surface area contributed by atoms with E-state index in [9.17, 15) is 5.11 Å². The first kappa shape index (κ1) is 16.0. The fraction of sp³-hybridized carbons (Fsp3) is 0.556. The summed E-state index contributed by atoms with van der Waals surface area (Å²) in [5.74, 6) is 2.38. The van der Waals surface area contributed by atoms with E-state index in [1.165, 1.54) is 5.56 Å². The lowest BCUT2D eigenvalue weighted by Crippen LogP contribution is -2.32. The van der Waals surface area contributed by atoms with Gasteiger partial charge in [-0.25, -0.2) is 0 Å². The molecule has 0 aliphatic carbocycles. The summed E-state index contributed by atoms with van der Waals surface area (Å²) in [6.45, 7) is 9.05. The topological polar surface area (TPSA) is 62.4 Å². The molecule has 0 saturated carbocycles. The van der Waals surface area contributed by atoms with Crippen molar-refractivity contribution in [3.63, 3.8) is 0 Å². The van der Waals surface area contributed by atoms with Crippen molar-refractivity contribution in [1.29, 1.82) is 0 Å². The maximum atomic E-state index is 9.39. The minimum absolute atomic E-state index is 0.100. The van der Waals surface area contributed by atoms with Gasteiger partial charge < -0.3 is 9.63 Å². The van der Waals surface area contributed by atoms with Gasteiger partial charge in [0.1, 0.15) is 5.75 Å². The number of aromatic hydroxyl groups is 1. The summed E-state index contributed by atoms with van der Waals surface area (Å²) in [5.41, 5.74) is 1.22. The zero-order chi connectivity index (χ0) is 16.4. The van der Waals surface area contributed by atoms with Gasteiger partial charge in [0.15, 0.2) is 5.82 Å². The zero-order valence-electron chi connectivity index (χ0n) is 14.1. The number of piperidine rings is 1. The SMILES string of the molecule is CC(C)(C)c1nc(CN2CCC(c3ccc(O)cc3)CC2)no1. The summed E-state index contributed by atoms with van der Waals surface area (Å²) >= 11 is 0. The maximum Gasteiger partial charge on any atom is 0.232 e. The molecule has 3 rings (SSSR count). The van der Waals surface area contributed by atoms with Crippen molar-refractivity contribution in [2.24, 2.45) is 0 Å². The molecule has 1 N–H and O–H groups in total. The Kier molecular flexibility index (Phi) is 4.39. The second-order valence-corrected chi connectivity index (χ2v) is 7.41. The van der Waals surface area contributed by atoms with Crippen molar-refractivity contribution in [1.82, 2.24) is 15.0 Å². The van der Waals surface area contributed by atoms with Crippen LogP contribution in [0.15, 0.2) is 28.8 Å². The van der Waals surface area contributed by atoms with E-state index in [1.54, 1.807) is 12.1 Å². The molecule has 1 aliphatic rings. The van der Waals surface area contributed by atoms with Crippen LogP contribution >= 0.6 is 0 Å². The summed E-state index contributed by atoms with van der Waals surface area (Å²) in [7, 11) is 0. The molecule has 0 unspecified atom stereocenters. The van der Waals surface area contributed by atoms with Crippen molar-refractivity contribution >= 4 is 0 Å². The van der Waals surface area contributed by atoms with E-state index in [4.69, 9.17) is 4.52 Å². The van der Waals surface area contributed by atoms with E-state index >= 15 is 0 Å². The lowest BCUT2D eigenvalue weighted by molar-refractivity contribution is 0.197. The van der Waals surface area contributed by atoms with Crippen LogP contribution in [-0.4, -0.2) is 33.2 Å². The summed E-state index contributed by atoms with van der Waals surface area (Å²) in [6, 6.07) is 7.61. The molecule has 2 heterocycles. The van der Waals surface area contributed by atoms with E-state index in [0.717, 1.165) is 38.3 Å². The molecular weight excluding hydrogens is 290 g/mol. The molecule has 2 aromatic rings. The molecule has 124 valence electrons. The van der Waals surface area contributed by atoms with Crippen LogP contribution in [0.4, 0.5) is 0 Å². The first-order valence-electron chi connectivity index (χ1n) is 8.26. The minimum atomic E-state index is -0.100. The van der Waals surface area contributed by atoms with E-state index in [0.29, 0.717) is 17.6 Å². The highest BCUT2D eigenvalue weighted by atomic mass is 16.5. The van der Waals surface area contributed by atoms with Gasteiger partial charge >= 0.3 is 0 Å². The Morgan fingerprint density at radius 3 is 2.39 bits per heavy atom. The fourth-order valence-corrected chi connectivity index (χ4v) is 2.99. The molecule has 1 aromatic carbocycles. The number of benzene rings is 1. The molecule has 0 atom stereocenters. The number of rotatable bonds is 3. The third-order valence-corrected chi connectivity index (χ3v) is 4.43. The molecule has 0 spiro atoms. The van der Waals surface area contributed by atoms with Gasteiger partial charge in [0.2, 0.25) is 5.89 Å². The molecule has 23 heavy (non-hydrogen) atoms. The van der Waals surface area contributed by atoms with Crippen LogP contribution < -0.4 is 0 Å². The van der Waals surface area contributed by atoms with Crippen LogP contribution in [0.2, 0.25) is 0 Å². The van der Waals surface area contributed by atoms with Crippen LogP contribution in [0, 0.1) is 0 Å². The Morgan fingerprint density at radius 2 is 1.83 bits per heavy atom. The van der Waals surface area contributed by atoms with Crippen LogP contribution in [0.5, 0.6) is 5.75 Å². The largest absolute Gasteiger partial charge is 0.508 e. The third kappa shape index (κ3) is 3.91. The van der Waals surface area contributed by atoms with Crippen LogP contribution in [0.25, 0.3) is 0 Å². The highest BCUT2D eigenvalue weighted by Crippen LogP contribution is 2.29. The summed E-state index contributed by atoms with van der Waals surface area (Å²) in [4.78, 5) is 6.90. The Hall–Kier alpha value is -1.88. The molecule has 5 heteroatoms. The number of phenols is 1. The van der Waals surface area contributed by atoms with Gasteiger partial charge in [-0.1, -0.05) is 38.1 Å². The van der Waals surface area contributed by atoms with Crippen molar-refractivity contribution in [3.8, 4) is 5.75 Å². The van der Waals surface area contributed by atoms with Crippen LogP contribution in [0.1, 0.15) is 56.8 Å². The molecule has 5 nitrogen and oxygen atoms in total. The normalized spacial score (nSPS) is 17.5. The lowest BCUT2D eigenvalue weighted by Gasteiger charge is -2.31. The molecule has 1 fully saturated rings. The molecule has 1 aliphatic heterocycles. The smallest absolute Gasteiger partial charge is 0.232 e. The zero-order valence-corrected chi connectivity index (χ0v) is 14.1. The monoisotopic (exact) mass is 315 g/mol. The average molecular weight is 315 g/mol. The van der Waals surface area contributed by atoms with E-state index in [1.807, 2.05) is 12.1 Å². The third-order valence-electron chi connectivity index (χ3n) is 4.43. The van der Waals surface area contributed by atoms with Gasteiger partial charge in [0.05, 0.1) is 6.54 Å². The standard InChI is InChI=1S/C18H25N3O2/c1-18(2,3)17-19-16(20-23-17)12-21-10-8-14(9-11-21)13-4-6-15(22)7-5-13/h4-7,14,22H,8-12H2,1-3H3. The number of nitrogens with zero attached hydrogens (tertiary/aromatic N) is 3.